The zero-order chi connectivity index (χ0) is 15.6. The van der Waals surface area contributed by atoms with E-state index in [-0.39, 0.29) is 18.1 Å². The van der Waals surface area contributed by atoms with E-state index in [1.165, 1.54) is 19.2 Å². The predicted octanol–water partition coefficient (Wildman–Crippen LogP) is 2.61. The van der Waals surface area contributed by atoms with E-state index >= 15 is 0 Å². The van der Waals surface area contributed by atoms with Crippen molar-refractivity contribution < 1.29 is 27.8 Å². The van der Waals surface area contributed by atoms with Gasteiger partial charge in [-0.1, -0.05) is 19.9 Å². The highest BCUT2D eigenvalue weighted by Gasteiger charge is 2.33. The number of benzene rings is 1. The molecule has 4 nitrogen and oxygen atoms in total. The first kappa shape index (κ1) is 16.6. The van der Waals surface area contributed by atoms with Crippen molar-refractivity contribution in [1.82, 2.24) is 0 Å². The largest absolute Gasteiger partial charge is 0.573 e. The summed E-state index contributed by atoms with van der Waals surface area (Å²) in [5.41, 5.74) is 5.90. The Morgan fingerprint density at radius 3 is 2.35 bits per heavy atom. The van der Waals surface area contributed by atoms with Gasteiger partial charge in [0.2, 0.25) is 0 Å². The monoisotopic (exact) mass is 293 g/mol. The molecule has 0 heterocycles. The second-order valence-electron chi connectivity index (χ2n) is 5.08. The highest BCUT2D eigenvalue weighted by molar-refractivity contribution is 5.43. The number of ether oxygens (including phenoxy) is 2. The molecule has 0 fully saturated rings. The molecule has 1 rings (SSSR count). The third kappa shape index (κ3) is 4.01. The Balaban J connectivity index is 3.11. The lowest BCUT2D eigenvalue weighted by molar-refractivity contribution is -0.274. The highest BCUT2D eigenvalue weighted by atomic mass is 19.4. The molecule has 0 aliphatic rings. The van der Waals surface area contributed by atoms with Crippen molar-refractivity contribution in [1.29, 1.82) is 0 Å². The summed E-state index contributed by atoms with van der Waals surface area (Å²) >= 11 is 0. The first-order chi connectivity index (χ1) is 9.10. The van der Waals surface area contributed by atoms with Crippen LogP contribution < -0.4 is 15.2 Å². The molecule has 0 aromatic heterocycles. The second-order valence-corrected chi connectivity index (χ2v) is 5.08. The van der Waals surface area contributed by atoms with Crippen molar-refractivity contribution in [3.63, 3.8) is 0 Å². The van der Waals surface area contributed by atoms with Gasteiger partial charge in [-0.3, -0.25) is 0 Å². The van der Waals surface area contributed by atoms with Gasteiger partial charge in [0.15, 0.2) is 0 Å². The van der Waals surface area contributed by atoms with Crippen LogP contribution in [-0.2, 0) is 0 Å². The quantitative estimate of drug-likeness (QED) is 0.876. The third-order valence-electron chi connectivity index (χ3n) is 3.02. The van der Waals surface area contributed by atoms with E-state index in [0.29, 0.717) is 5.56 Å². The molecule has 3 N–H and O–H groups in total. The SMILES string of the molecule is COc1cc(OC(F)(F)F)ccc1[C@H](N)C(C)(C)CO. The molecule has 7 heteroatoms. The normalized spacial score (nSPS) is 14.0. The molecule has 0 aliphatic heterocycles. The summed E-state index contributed by atoms with van der Waals surface area (Å²) < 4.78 is 45.4. The molecule has 0 spiro atoms. The van der Waals surface area contributed by atoms with Gasteiger partial charge < -0.3 is 20.3 Å². The Hall–Kier alpha value is -1.47. The molecule has 0 saturated carbocycles. The van der Waals surface area contributed by atoms with E-state index in [0.717, 1.165) is 6.07 Å². The predicted molar refractivity (Wildman–Crippen MR) is 67.5 cm³/mol. The third-order valence-corrected chi connectivity index (χ3v) is 3.02. The van der Waals surface area contributed by atoms with E-state index in [4.69, 9.17) is 10.5 Å². The molecule has 114 valence electrons. The van der Waals surface area contributed by atoms with Gasteiger partial charge >= 0.3 is 6.36 Å². The number of hydrogen-bond donors (Lipinski definition) is 2. The Kier molecular flexibility index (Phi) is 4.88. The van der Waals surface area contributed by atoms with Crippen molar-refractivity contribution in [2.24, 2.45) is 11.1 Å². The number of alkyl halides is 3. The molecular weight excluding hydrogens is 275 g/mol. The van der Waals surface area contributed by atoms with Crippen LogP contribution in [-0.4, -0.2) is 25.2 Å². The van der Waals surface area contributed by atoms with Crippen LogP contribution >= 0.6 is 0 Å². The van der Waals surface area contributed by atoms with Gasteiger partial charge in [0.25, 0.3) is 0 Å². The maximum Gasteiger partial charge on any atom is 0.573 e. The van der Waals surface area contributed by atoms with Gasteiger partial charge in [0.05, 0.1) is 7.11 Å². The number of aliphatic hydroxyl groups is 1. The topological polar surface area (TPSA) is 64.7 Å². The number of halogens is 3. The Morgan fingerprint density at radius 1 is 1.30 bits per heavy atom. The molecule has 0 radical (unpaired) electrons. The summed E-state index contributed by atoms with van der Waals surface area (Å²) in [5.74, 6) is -0.201. The molecule has 0 aliphatic carbocycles. The summed E-state index contributed by atoms with van der Waals surface area (Å²) in [7, 11) is 1.33. The first-order valence-electron chi connectivity index (χ1n) is 5.91. The lowest BCUT2D eigenvalue weighted by Gasteiger charge is -2.30. The lowest BCUT2D eigenvalue weighted by Crippen LogP contribution is -2.32. The van der Waals surface area contributed by atoms with Crippen molar-refractivity contribution in [3.8, 4) is 11.5 Å². The lowest BCUT2D eigenvalue weighted by atomic mass is 9.81. The summed E-state index contributed by atoms with van der Waals surface area (Å²) in [6, 6.07) is 3.10. The van der Waals surface area contributed by atoms with Crippen LogP contribution in [0.4, 0.5) is 13.2 Å². The second kappa shape index (κ2) is 5.88. The minimum atomic E-state index is -4.76. The number of nitrogens with two attached hydrogens (primary N) is 1. The summed E-state index contributed by atoms with van der Waals surface area (Å²) in [5, 5.41) is 9.30. The average Bonchev–Trinajstić information content (AvgIpc) is 2.35. The fourth-order valence-corrected chi connectivity index (χ4v) is 1.66. The number of rotatable bonds is 5. The molecule has 0 bridgehead atoms. The van der Waals surface area contributed by atoms with Crippen molar-refractivity contribution in [2.75, 3.05) is 13.7 Å². The van der Waals surface area contributed by atoms with Crippen molar-refractivity contribution in [2.45, 2.75) is 26.3 Å². The summed E-state index contributed by atoms with van der Waals surface area (Å²) in [6.45, 7) is 3.33. The van der Waals surface area contributed by atoms with Crippen LogP contribution in [0.3, 0.4) is 0 Å². The zero-order valence-corrected chi connectivity index (χ0v) is 11.5. The van der Waals surface area contributed by atoms with Crippen LogP contribution in [0, 0.1) is 5.41 Å². The summed E-state index contributed by atoms with van der Waals surface area (Å²) in [6.07, 6.45) is -4.76. The molecule has 0 amide bonds. The Labute approximate surface area is 115 Å². The average molecular weight is 293 g/mol. The van der Waals surface area contributed by atoms with Crippen LogP contribution in [0.1, 0.15) is 25.5 Å². The van der Waals surface area contributed by atoms with Gasteiger partial charge in [-0.25, -0.2) is 0 Å². The fraction of sp³-hybridized carbons (Fsp3) is 0.538. The standard InChI is InChI=1S/C13H18F3NO3/c1-12(2,7-18)11(17)9-5-4-8(6-10(9)19-3)20-13(14,15)16/h4-6,11,18H,7,17H2,1-3H3/t11-/m0/s1. The molecule has 1 aromatic rings. The molecular formula is C13H18F3NO3. The van der Waals surface area contributed by atoms with Gasteiger partial charge in [0.1, 0.15) is 11.5 Å². The van der Waals surface area contributed by atoms with Gasteiger partial charge in [0, 0.05) is 29.7 Å². The van der Waals surface area contributed by atoms with Gasteiger partial charge in [-0.05, 0) is 6.07 Å². The first-order valence-corrected chi connectivity index (χ1v) is 5.91. The molecule has 1 aromatic carbocycles. The van der Waals surface area contributed by atoms with Crippen LogP contribution in [0.2, 0.25) is 0 Å². The van der Waals surface area contributed by atoms with E-state index in [2.05, 4.69) is 4.74 Å². The zero-order valence-electron chi connectivity index (χ0n) is 11.5. The molecule has 20 heavy (non-hydrogen) atoms. The van der Waals surface area contributed by atoms with Crippen molar-refractivity contribution >= 4 is 0 Å². The van der Waals surface area contributed by atoms with Gasteiger partial charge in [-0.2, -0.15) is 0 Å². The molecule has 0 unspecified atom stereocenters. The van der Waals surface area contributed by atoms with Crippen LogP contribution in [0.25, 0.3) is 0 Å². The van der Waals surface area contributed by atoms with E-state index < -0.39 is 17.8 Å². The maximum absolute atomic E-state index is 12.2. The fourth-order valence-electron chi connectivity index (χ4n) is 1.66. The van der Waals surface area contributed by atoms with E-state index in [9.17, 15) is 18.3 Å². The minimum absolute atomic E-state index is 0.169. The molecule has 0 saturated heterocycles. The Bertz CT molecular complexity index is 461. The molecule has 1 atom stereocenters. The van der Waals surface area contributed by atoms with Crippen molar-refractivity contribution in [3.05, 3.63) is 23.8 Å². The van der Waals surface area contributed by atoms with Crippen LogP contribution in [0.15, 0.2) is 18.2 Å². The number of methoxy groups -OCH3 is 1. The summed E-state index contributed by atoms with van der Waals surface area (Å²) in [4.78, 5) is 0. The Morgan fingerprint density at radius 2 is 1.90 bits per heavy atom. The maximum atomic E-state index is 12.2. The van der Waals surface area contributed by atoms with E-state index in [1.54, 1.807) is 13.8 Å². The van der Waals surface area contributed by atoms with Crippen LogP contribution in [0.5, 0.6) is 11.5 Å². The smallest absolute Gasteiger partial charge is 0.496 e. The van der Waals surface area contributed by atoms with E-state index in [1.807, 2.05) is 0 Å². The van der Waals surface area contributed by atoms with Gasteiger partial charge in [-0.15, -0.1) is 13.2 Å². The minimum Gasteiger partial charge on any atom is -0.496 e. The highest BCUT2D eigenvalue weighted by Crippen LogP contribution is 2.38. The number of hydrogen-bond acceptors (Lipinski definition) is 4. The number of aliphatic hydroxyl groups excluding tert-OH is 1.